The number of hydrogen-bond acceptors (Lipinski definition) is 3. The zero-order valence-corrected chi connectivity index (χ0v) is 13.1. The van der Waals surface area contributed by atoms with Crippen LogP contribution in [0.15, 0.2) is 48.8 Å². The molecule has 1 unspecified atom stereocenters. The molecule has 22 heavy (non-hydrogen) atoms. The van der Waals surface area contributed by atoms with Gasteiger partial charge in [0.15, 0.2) is 0 Å². The number of benzene rings is 1. The van der Waals surface area contributed by atoms with E-state index in [0.29, 0.717) is 6.54 Å². The number of hydrogen-bond donors (Lipinski definition) is 2. The minimum atomic E-state index is -0.539. The van der Waals surface area contributed by atoms with Crippen molar-refractivity contribution in [3.05, 3.63) is 54.4 Å². The maximum Gasteiger partial charge on any atom is 0.137 e. The molecule has 1 aromatic carbocycles. The van der Waals surface area contributed by atoms with Gasteiger partial charge in [0.05, 0.1) is 17.7 Å². The van der Waals surface area contributed by atoms with Crippen LogP contribution >= 0.6 is 11.6 Å². The number of rotatable bonds is 5. The number of aliphatic hydroxyl groups excluding tert-OH is 1. The van der Waals surface area contributed by atoms with Crippen LogP contribution < -0.4 is 5.32 Å². The van der Waals surface area contributed by atoms with Crippen molar-refractivity contribution >= 4 is 22.9 Å². The smallest absolute Gasteiger partial charge is 0.137 e. The van der Waals surface area contributed by atoms with E-state index in [4.69, 9.17) is 11.6 Å². The molecule has 0 radical (unpaired) electrons. The molecular weight excluding hydrogens is 298 g/mol. The van der Waals surface area contributed by atoms with Gasteiger partial charge in [0.2, 0.25) is 0 Å². The van der Waals surface area contributed by atoms with Crippen molar-refractivity contribution in [3.63, 3.8) is 0 Å². The zero-order chi connectivity index (χ0) is 15.5. The Bertz CT molecular complexity index is 767. The van der Waals surface area contributed by atoms with Gasteiger partial charge in [-0.15, -0.1) is 11.6 Å². The lowest BCUT2D eigenvalue weighted by Gasteiger charge is -2.10. The molecule has 114 valence electrons. The SMILES string of the molecule is Cc1ccn2cc(-c3ccc(NCC(O)CCl)cc3)nc2c1. The summed E-state index contributed by atoms with van der Waals surface area (Å²) in [4.78, 5) is 4.65. The Balaban J connectivity index is 1.79. The molecule has 2 N–H and O–H groups in total. The minimum absolute atomic E-state index is 0.228. The summed E-state index contributed by atoms with van der Waals surface area (Å²) in [5, 5.41) is 12.6. The minimum Gasteiger partial charge on any atom is -0.390 e. The third-order valence-corrected chi connectivity index (χ3v) is 3.87. The third kappa shape index (κ3) is 3.24. The fourth-order valence-electron chi connectivity index (χ4n) is 2.27. The zero-order valence-electron chi connectivity index (χ0n) is 12.3. The Kier molecular flexibility index (Phi) is 4.32. The largest absolute Gasteiger partial charge is 0.390 e. The second kappa shape index (κ2) is 6.38. The molecule has 0 aliphatic carbocycles. The summed E-state index contributed by atoms with van der Waals surface area (Å²) in [6, 6.07) is 12.1. The monoisotopic (exact) mass is 315 g/mol. The van der Waals surface area contributed by atoms with Gasteiger partial charge >= 0.3 is 0 Å². The normalized spacial score (nSPS) is 12.5. The average molecular weight is 316 g/mol. The van der Waals surface area contributed by atoms with Crippen molar-refractivity contribution in [2.45, 2.75) is 13.0 Å². The molecule has 1 atom stereocenters. The molecule has 3 rings (SSSR count). The van der Waals surface area contributed by atoms with Crippen LogP contribution in [-0.4, -0.2) is 33.0 Å². The lowest BCUT2D eigenvalue weighted by atomic mass is 10.1. The molecule has 0 spiro atoms. The van der Waals surface area contributed by atoms with E-state index in [-0.39, 0.29) is 5.88 Å². The Labute approximate surface area is 134 Å². The predicted molar refractivity (Wildman–Crippen MR) is 90.6 cm³/mol. The number of halogens is 1. The van der Waals surface area contributed by atoms with E-state index in [1.807, 2.05) is 41.1 Å². The number of nitrogens with zero attached hydrogens (tertiary/aromatic N) is 2. The maximum atomic E-state index is 9.45. The number of aliphatic hydroxyl groups is 1. The summed E-state index contributed by atoms with van der Waals surface area (Å²) in [7, 11) is 0. The van der Waals surface area contributed by atoms with Gasteiger partial charge in [0.25, 0.3) is 0 Å². The number of pyridine rings is 1. The number of anilines is 1. The van der Waals surface area contributed by atoms with E-state index >= 15 is 0 Å². The first-order valence-corrected chi connectivity index (χ1v) is 7.73. The van der Waals surface area contributed by atoms with E-state index < -0.39 is 6.10 Å². The van der Waals surface area contributed by atoms with E-state index in [0.717, 1.165) is 22.6 Å². The maximum absolute atomic E-state index is 9.45. The molecule has 5 heteroatoms. The van der Waals surface area contributed by atoms with Crippen molar-refractivity contribution in [2.24, 2.45) is 0 Å². The predicted octanol–water partition coefficient (Wildman–Crippen LogP) is 3.32. The molecule has 2 heterocycles. The first-order chi connectivity index (χ1) is 10.7. The molecule has 0 amide bonds. The highest BCUT2D eigenvalue weighted by atomic mass is 35.5. The van der Waals surface area contributed by atoms with Crippen LogP contribution in [-0.2, 0) is 0 Å². The van der Waals surface area contributed by atoms with Crippen molar-refractivity contribution in [2.75, 3.05) is 17.7 Å². The van der Waals surface area contributed by atoms with Crippen molar-refractivity contribution in [1.29, 1.82) is 0 Å². The molecule has 0 bridgehead atoms. The molecular formula is C17H18ClN3O. The summed E-state index contributed by atoms with van der Waals surface area (Å²) in [5.41, 5.74) is 5.10. The standard InChI is InChI=1S/C17H18ClN3O/c1-12-6-7-21-11-16(20-17(21)8-12)13-2-4-14(5-3-13)19-10-15(22)9-18/h2-8,11,15,19,22H,9-10H2,1H3. The average Bonchev–Trinajstić information content (AvgIpc) is 2.96. The molecule has 0 fully saturated rings. The lowest BCUT2D eigenvalue weighted by Crippen LogP contribution is -2.20. The summed E-state index contributed by atoms with van der Waals surface area (Å²) in [6.07, 6.45) is 3.50. The van der Waals surface area contributed by atoms with Gasteiger partial charge in [-0.3, -0.25) is 0 Å². The number of fused-ring (bicyclic) bond motifs is 1. The summed E-state index contributed by atoms with van der Waals surface area (Å²) in [6.45, 7) is 2.50. The first kappa shape index (κ1) is 14.9. The topological polar surface area (TPSA) is 49.6 Å². The van der Waals surface area contributed by atoms with E-state index in [9.17, 15) is 5.11 Å². The highest BCUT2D eigenvalue weighted by molar-refractivity contribution is 6.18. The van der Waals surface area contributed by atoms with Crippen LogP contribution in [0.25, 0.3) is 16.9 Å². The van der Waals surface area contributed by atoms with Gasteiger partial charge in [-0.2, -0.15) is 0 Å². The molecule has 2 aromatic heterocycles. The van der Waals surface area contributed by atoms with Gasteiger partial charge in [-0.1, -0.05) is 12.1 Å². The molecule has 4 nitrogen and oxygen atoms in total. The number of aromatic nitrogens is 2. The van der Waals surface area contributed by atoms with E-state index in [1.165, 1.54) is 5.56 Å². The Hall–Kier alpha value is -2.04. The molecule has 0 saturated carbocycles. The molecule has 0 saturated heterocycles. The van der Waals surface area contributed by atoms with Crippen LogP contribution in [0.2, 0.25) is 0 Å². The highest BCUT2D eigenvalue weighted by Gasteiger charge is 2.05. The number of alkyl halides is 1. The summed E-state index contributed by atoms with van der Waals surface area (Å²) < 4.78 is 2.02. The van der Waals surface area contributed by atoms with Gasteiger partial charge in [0, 0.05) is 30.2 Å². The van der Waals surface area contributed by atoms with Crippen LogP contribution in [0.4, 0.5) is 5.69 Å². The van der Waals surface area contributed by atoms with Crippen LogP contribution in [0.1, 0.15) is 5.56 Å². The molecule has 0 aliphatic rings. The lowest BCUT2D eigenvalue weighted by molar-refractivity contribution is 0.211. The van der Waals surface area contributed by atoms with E-state index in [1.54, 1.807) is 0 Å². The molecule has 3 aromatic rings. The van der Waals surface area contributed by atoms with Gasteiger partial charge in [-0.05, 0) is 36.8 Å². The quantitative estimate of drug-likeness (QED) is 0.710. The Morgan fingerprint density at radius 2 is 2.05 bits per heavy atom. The van der Waals surface area contributed by atoms with Crippen LogP contribution in [0.3, 0.4) is 0 Å². The fraction of sp³-hybridized carbons (Fsp3) is 0.235. The second-order valence-electron chi connectivity index (χ2n) is 5.36. The van der Waals surface area contributed by atoms with Gasteiger partial charge < -0.3 is 14.8 Å². The van der Waals surface area contributed by atoms with Crippen LogP contribution in [0.5, 0.6) is 0 Å². The van der Waals surface area contributed by atoms with Crippen molar-refractivity contribution < 1.29 is 5.11 Å². The van der Waals surface area contributed by atoms with E-state index in [2.05, 4.69) is 29.4 Å². The number of nitrogens with one attached hydrogen (secondary N) is 1. The third-order valence-electron chi connectivity index (χ3n) is 3.52. The van der Waals surface area contributed by atoms with Crippen molar-refractivity contribution in [3.8, 4) is 11.3 Å². The second-order valence-corrected chi connectivity index (χ2v) is 5.67. The number of aryl methyl sites for hydroxylation is 1. The fourth-order valence-corrected chi connectivity index (χ4v) is 2.38. The molecule has 0 aliphatic heterocycles. The summed E-state index contributed by atoms with van der Waals surface area (Å²) in [5.74, 6) is 0.228. The highest BCUT2D eigenvalue weighted by Crippen LogP contribution is 2.21. The Morgan fingerprint density at radius 3 is 2.77 bits per heavy atom. The summed E-state index contributed by atoms with van der Waals surface area (Å²) >= 11 is 5.57. The van der Waals surface area contributed by atoms with Gasteiger partial charge in [-0.25, -0.2) is 4.98 Å². The first-order valence-electron chi connectivity index (χ1n) is 7.19. The number of imidazole rings is 1. The van der Waals surface area contributed by atoms with Gasteiger partial charge in [0.1, 0.15) is 5.65 Å². The van der Waals surface area contributed by atoms with Crippen molar-refractivity contribution in [1.82, 2.24) is 9.38 Å². The van der Waals surface area contributed by atoms with Crippen LogP contribution in [0, 0.1) is 6.92 Å². The Morgan fingerprint density at radius 1 is 1.27 bits per heavy atom.